The number of nitrogens with two attached hydrogens (primary N) is 1. The van der Waals surface area contributed by atoms with Crippen LogP contribution in [0.4, 0.5) is 0 Å². The second kappa shape index (κ2) is 5.80. The van der Waals surface area contributed by atoms with Crippen molar-refractivity contribution in [3.8, 4) is 0 Å². The minimum atomic E-state index is 0.456. The summed E-state index contributed by atoms with van der Waals surface area (Å²) in [5.41, 5.74) is 5.83. The van der Waals surface area contributed by atoms with Crippen molar-refractivity contribution in [1.29, 1.82) is 0 Å². The minimum absolute atomic E-state index is 0.456. The third-order valence-corrected chi connectivity index (χ3v) is 3.46. The molecule has 1 heterocycles. The van der Waals surface area contributed by atoms with Gasteiger partial charge in [-0.2, -0.15) is 4.98 Å². The van der Waals surface area contributed by atoms with E-state index in [4.69, 9.17) is 10.3 Å². The molecule has 0 radical (unpaired) electrons. The fourth-order valence-corrected chi connectivity index (χ4v) is 2.34. The van der Waals surface area contributed by atoms with E-state index < -0.39 is 0 Å². The molecule has 1 unspecified atom stereocenters. The van der Waals surface area contributed by atoms with Crippen molar-refractivity contribution >= 4 is 0 Å². The second-order valence-electron chi connectivity index (χ2n) is 5.76. The van der Waals surface area contributed by atoms with E-state index in [2.05, 4.69) is 35.9 Å². The van der Waals surface area contributed by atoms with Gasteiger partial charge in [0.1, 0.15) is 0 Å². The van der Waals surface area contributed by atoms with Gasteiger partial charge in [-0.3, -0.25) is 4.90 Å². The minimum Gasteiger partial charge on any atom is -0.339 e. The van der Waals surface area contributed by atoms with E-state index in [0.717, 1.165) is 30.6 Å². The average molecular weight is 252 g/mol. The third kappa shape index (κ3) is 3.53. The zero-order chi connectivity index (χ0) is 13.1. The molecule has 0 aromatic carbocycles. The van der Waals surface area contributed by atoms with E-state index >= 15 is 0 Å². The first-order valence-electron chi connectivity index (χ1n) is 6.82. The highest BCUT2D eigenvalue weighted by Crippen LogP contribution is 2.34. The van der Waals surface area contributed by atoms with Gasteiger partial charge in [0.15, 0.2) is 5.82 Å². The summed E-state index contributed by atoms with van der Waals surface area (Å²) in [6.07, 6.45) is 3.45. The predicted octanol–water partition coefficient (Wildman–Crippen LogP) is 1.44. The Labute approximate surface area is 109 Å². The summed E-state index contributed by atoms with van der Waals surface area (Å²) in [4.78, 5) is 6.68. The second-order valence-corrected chi connectivity index (χ2v) is 5.76. The molecule has 1 atom stereocenters. The molecule has 1 fully saturated rings. The van der Waals surface area contributed by atoms with Gasteiger partial charge in [0.05, 0.1) is 6.54 Å². The van der Waals surface area contributed by atoms with Gasteiger partial charge in [-0.1, -0.05) is 19.0 Å². The van der Waals surface area contributed by atoms with Crippen LogP contribution in [0.15, 0.2) is 4.52 Å². The van der Waals surface area contributed by atoms with Gasteiger partial charge < -0.3 is 10.3 Å². The van der Waals surface area contributed by atoms with E-state index in [1.807, 2.05) is 0 Å². The lowest BCUT2D eigenvalue weighted by molar-refractivity contribution is 0.208. The van der Waals surface area contributed by atoms with Crippen molar-refractivity contribution in [2.75, 3.05) is 13.6 Å². The van der Waals surface area contributed by atoms with Crippen molar-refractivity contribution in [3.05, 3.63) is 11.7 Å². The Kier molecular flexibility index (Phi) is 4.35. The van der Waals surface area contributed by atoms with Crippen LogP contribution in [-0.4, -0.2) is 34.7 Å². The first-order chi connectivity index (χ1) is 8.60. The highest BCUT2D eigenvalue weighted by atomic mass is 16.5. The van der Waals surface area contributed by atoms with Crippen molar-refractivity contribution in [1.82, 2.24) is 15.0 Å². The quantitative estimate of drug-likeness (QED) is 0.795. The monoisotopic (exact) mass is 252 g/mol. The van der Waals surface area contributed by atoms with Crippen molar-refractivity contribution < 1.29 is 4.52 Å². The van der Waals surface area contributed by atoms with Gasteiger partial charge in [0, 0.05) is 19.0 Å². The Morgan fingerprint density at radius 2 is 2.17 bits per heavy atom. The van der Waals surface area contributed by atoms with Crippen LogP contribution in [0.3, 0.4) is 0 Å². The molecule has 0 saturated heterocycles. The van der Waals surface area contributed by atoms with Crippen LogP contribution in [0, 0.1) is 11.8 Å². The maximum Gasteiger partial charge on any atom is 0.226 e. The molecule has 5 nitrogen and oxygen atoms in total. The van der Waals surface area contributed by atoms with E-state index in [0.29, 0.717) is 18.5 Å². The Morgan fingerprint density at radius 1 is 1.44 bits per heavy atom. The maximum absolute atomic E-state index is 5.83. The molecule has 1 aliphatic carbocycles. The highest BCUT2D eigenvalue weighted by molar-refractivity contribution is 4.92. The number of hydrogen-bond acceptors (Lipinski definition) is 5. The van der Waals surface area contributed by atoms with Crippen LogP contribution < -0.4 is 5.73 Å². The Bertz CT molecular complexity index is 373. The molecule has 0 aliphatic heterocycles. The van der Waals surface area contributed by atoms with E-state index in [9.17, 15) is 0 Å². The number of nitrogens with zero attached hydrogens (tertiary/aromatic N) is 3. The van der Waals surface area contributed by atoms with Crippen LogP contribution >= 0.6 is 0 Å². The molecule has 1 aliphatic rings. The lowest BCUT2D eigenvalue weighted by Gasteiger charge is -2.25. The summed E-state index contributed by atoms with van der Waals surface area (Å²) in [7, 11) is 2.09. The van der Waals surface area contributed by atoms with Gasteiger partial charge in [-0.05, 0) is 31.7 Å². The Morgan fingerprint density at radius 3 is 2.72 bits per heavy atom. The molecular weight excluding hydrogens is 228 g/mol. The molecule has 2 rings (SSSR count). The molecule has 0 spiro atoms. The summed E-state index contributed by atoms with van der Waals surface area (Å²) in [6, 6.07) is 0.456. The average Bonchev–Trinajstić information content (AvgIpc) is 3.02. The van der Waals surface area contributed by atoms with Gasteiger partial charge in [0.25, 0.3) is 0 Å². The summed E-state index contributed by atoms with van der Waals surface area (Å²) in [5.74, 6) is 2.82. The molecule has 102 valence electrons. The van der Waals surface area contributed by atoms with Gasteiger partial charge in [-0.15, -0.1) is 0 Å². The Balaban J connectivity index is 1.89. The maximum atomic E-state index is 5.83. The molecule has 0 bridgehead atoms. The number of hydrogen-bond donors (Lipinski definition) is 1. The molecule has 18 heavy (non-hydrogen) atoms. The standard InChI is InChI=1S/C13H24N4O/c1-9(2)6-13-15-12(16-18-13)8-17(3)11(7-14)10-4-5-10/h9-11H,4-8,14H2,1-3H3. The van der Waals surface area contributed by atoms with Crippen LogP contribution in [0.2, 0.25) is 0 Å². The van der Waals surface area contributed by atoms with Crippen LogP contribution in [0.5, 0.6) is 0 Å². The molecule has 2 N–H and O–H groups in total. The first kappa shape index (κ1) is 13.5. The fraction of sp³-hybridized carbons (Fsp3) is 0.846. The van der Waals surface area contributed by atoms with Gasteiger partial charge in [-0.25, -0.2) is 0 Å². The fourth-order valence-electron chi connectivity index (χ4n) is 2.34. The molecule has 1 aromatic rings. The SMILES string of the molecule is CC(C)Cc1nc(CN(C)C(CN)C2CC2)no1. The molecular formula is C13H24N4O. The lowest BCUT2D eigenvalue weighted by atomic mass is 10.1. The number of likely N-dealkylation sites (N-methyl/N-ethyl adjacent to an activating group) is 1. The number of rotatable bonds is 7. The Hall–Kier alpha value is -0.940. The van der Waals surface area contributed by atoms with Crippen molar-refractivity contribution in [2.45, 2.75) is 45.7 Å². The van der Waals surface area contributed by atoms with E-state index in [1.165, 1.54) is 12.8 Å². The van der Waals surface area contributed by atoms with Crippen LogP contribution in [-0.2, 0) is 13.0 Å². The summed E-state index contributed by atoms with van der Waals surface area (Å²) >= 11 is 0. The van der Waals surface area contributed by atoms with Crippen LogP contribution in [0.1, 0.15) is 38.4 Å². The highest BCUT2D eigenvalue weighted by Gasteiger charge is 2.33. The summed E-state index contributed by atoms with van der Waals surface area (Å²) < 4.78 is 5.25. The molecule has 0 amide bonds. The van der Waals surface area contributed by atoms with Crippen molar-refractivity contribution in [3.63, 3.8) is 0 Å². The van der Waals surface area contributed by atoms with E-state index in [1.54, 1.807) is 0 Å². The largest absolute Gasteiger partial charge is 0.339 e. The predicted molar refractivity (Wildman–Crippen MR) is 69.9 cm³/mol. The zero-order valence-electron chi connectivity index (χ0n) is 11.6. The lowest BCUT2D eigenvalue weighted by Crippen LogP contribution is -2.39. The van der Waals surface area contributed by atoms with Crippen molar-refractivity contribution in [2.24, 2.45) is 17.6 Å². The van der Waals surface area contributed by atoms with Gasteiger partial charge >= 0.3 is 0 Å². The normalized spacial score (nSPS) is 17.7. The van der Waals surface area contributed by atoms with E-state index in [-0.39, 0.29) is 0 Å². The molecule has 1 aromatic heterocycles. The molecule has 1 saturated carbocycles. The topological polar surface area (TPSA) is 68.2 Å². The summed E-state index contributed by atoms with van der Waals surface area (Å²) in [5, 5.41) is 4.04. The van der Waals surface area contributed by atoms with Gasteiger partial charge in [0.2, 0.25) is 5.89 Å². The smallest absolute Gasteiger partial charge is 0.226 e. The molecule has 5 heteroatoms. The first-order valence-corrected chi connectivity index (χ1v) is 6.82. The third-order valence-electron chi connectivity index (χ3n) is 3.46. The van der Waals surface area contributed by atoms with Crippen LogP contribution in [0.25, 0.3) is 0 Å². The zero-order valence-corrected chi connectivity index (χ0v) is 11.6. The number of aromatic nitrogens is 2. The summed E-state index contributed by atoms with van der Waals surface area (Å²) in [6.45, 7) is 5.72.